The van der Waals surface area contributed by atoms with Crippen molar-refractivity contribution in [3.05, 3.63) is 34.3 Å². The Bertz CT molecular complexity index is 804. The molecule has 1 aliphatic rings. The highest BCUT2D eigenvalue weighted by Crippen LogP contribution is 2.30. The number of halogens is 1. The van der Waals surface area contributed by atoms with E-state index in [0.717, 1.165) is 24.3 Å². The van der Waals surface area contributed by atoms with Crippen LogP contribution in [0.2, 0.25) is 5.02 Å². The second kappa shape index (κ2) is 8.01. The summed E-state index contributed by atoms with van der Waals surface area (Å²) >= 11 is 7.38. The lowest BCUT2D eigenvalue weighted by Gasteiger charge is -2.36. The third-order valence-corrected chi connectivity index (χ3v) is 5.45. The summed E-state index contributed by atoms with van der Waals surface area (Å²) in [4.78, 5) is 25.4. The predicted molar refractivity (Wildman–Crippen MR) is 103 cm³/mol. The van der Waals surface area contributed by atoms with Crippen molar-refractivity contribution in [2.75, 3.05) is 10.6 Å². The maximum absolute atomic E-state index is 12.9. The first-order valence-electron chi connectivity index (χ1n) is 8.44. The molecule has 0 radical (unpaired) electrons. The quantitative estimate of drug-likeness (QED) is 0.732. The Morgan fingerprint density at radius 1 is 1.12 bits per heavy atom. The molecule has 0 unspecified atom stereocenters. The van der Waals surface area contributed by atoms with E-state index in [1.165, 1.54) is 11.3 Å². The van der Waals surface area contributed by atoms with Crippen LogP contribution in [0.15, 0.2) is 24.3 Å². The third kappa shape index (κ3) is 4.31. The van der Waals surface area contributed by atoms with Crippen LogP contribution < -0.4 is 16.0 Å². The highest BCUT2D eigenvalue weighted by Gasteiger charge is 2.41. The number of amides is 3. The fourth-order valence-electron chi connectivity index (χ4n) is 3.06. The fraction of sp³-hybridized carbons (Fsp3) is 0.412. The van der Waals surface area contributed by atoms with Crippen LogP contribution in [0.1, 0.15) is 37.1 Å². The van der Waals surface area contributed by atoms with Crippen molar-refractivity contribution < 1.29 is 9.59 Å². The maximum Gasteiger partial charge on any atom is 0.320 e. The zero-order valence-corrected chi connectivity index (χ0v) is 15.9. The molecule has 0 bridgehead atoms. The van der Waals surface area contributed by atoms with Crippen molar-refractivity contribution in [1.82, 2.24) is 15.5 Å². The van der Waals surface area contributed by atoms with Gasteiger partial charge in [-0.1, -0.05) is 54.3 Å². The van der Waals surface area contributed by atoms with Crippen LogP contribution in [0, 0.1) is 6.92 Å². The topological polar surface area (TPSA) is 96.0 Å². The number of hydrogen-bond donors (Lipinski definition) is 3. The van der Waals surface area contributed by atoms with Crippen molar-refractivity contribution in [1.29, 1.82) is 0 Å². The number of nitrogens with one attached hydrogen (secondary N) is 3. The number of rotatable bonds is 4. The van der Waals surface area contributed by atoms with Crippen LogP contribution in [0.3, 0.4) is 0 Å². The number of carbonyl (C=O) groups excluding carboxylic acids is 2. The molecule has 1 aliphatic carbocycles. The molecule has 0 atom stereocenters. The molecular formula is C17H20ClN5O2S. The van der Waals surface area contributed by atoms with Crippen LogP contribution in [-0.2, 0) is 4.79 Å². The molecule has 1 heterocycles. The van der Waals surface area contributed by atoms with Crippen LogP contribution in [-0.4, -0.2) is 27.7 Å². The van der Waals surface area contributed by atoms with Gasteiger partial charge in [0.2, 0.25) is 5.13 Å². The number of nitrogens with zero attached hydrogens (tertiary/aromatic N) is 2. The summed E-state index contributed by atoms with van der Waals surface area (Å²) in [7, 11) is 0. The fourth-order valence-corrected chi connectivity index (χ4v) is 3.83. The number of aromatic nitrogens is 2. The van der Waals surface area contributed by atoms with Crippen molar-refractivity contribution in [3.8, 4) is 0 Å². The Morgan fingerprint density at radius 2 is 1.85 bits per heavy atom. The number of para-hydroxylation sites is 1. The molecule has 7 nitrogen and oxygen atoms in total. The van der Waals surface area contributed by atoms with Gasteiger partial charge in [0.05, 0.1) is 10.7 Å². The van der Waals surface area contributed by atoms with Gasteiger partial charge >= 0.3 is 6.03 Å². The molecule has 1 aromatic carbocycles. The van der Waals surface area contributed by atoms with E-state index in [1.54, 1.807) is 24.3 Å². The van der Waals surface area contributed by atoms with Gasteiger partial charge in [0.25, 0.3) is 5.91 Å². The molecular weight excluding hydrogens is 374 g/mol. The van der Waals surface area contributed by atoms with Crippen LogP contribution in [0.4, 0.5) is 15.6 Å². The Kier molecular flexibility index (Phi) is 5.73. The van der Waals surface area contributed by atoms with Gasteiger partial charge in [-0.25, -0.2) is 4.79 Å². The average molecular weight is 394 g/mol. The van der Waals surface area contributed by atoms with Gasteiger partial charge in [-0.2, -0.15) is 0 Å². The van der Waals surface area contributed by atoms with E-state index in [1.807, 2.05) is 6.92 Å². The van der Waals surface area contributed by atoms with Gasteiger partial charge in [0.1, 0.15) is 10.5 Å². The van der Waals surface area contributed by atoms with E-state index in [0.29, 0.717) is 28.7 Å². The molecule has 3 N–H and O–H groups in total. The number of benzene rings is 1. The van der Waals surface area contributed by atoms with Gasteiger partial charge in [-0.3, -0.25) is 10.1 Å². The minimum atomic E-state index is -0.969. The monoisotopic (exact) mass is 393 g/mol. The Hall–Kier alpha value is -2.19. The lowest BCUT2D eigenvalue weighted by atomic mass is 9.81. The molecule has 0 saturated heterocycles. The van der Waals surface area contributed by atoms with Gasteiger partial charge in [0, 0.05) is 0 Å². The van der Waals surface area contributed by atoms with Gasteiger partial charge in [-0.15, -0.1) is 10.2 Å². The van der Waals surface area contributed by atoms with Gasteiger partial charge in [0.15, 0.2) is 0 Å². The minimum Gasteiger partial charge on any atom is -0.323 e. The van der Waals surface area contributed by atoms with Crippen molar-refractivity contribution in [3.63, 3.8) is 0 Å². The number of aryl methyl sites for hydroxylation is 1. The lowest BCUT2D eigenvalue weighted by molar-refractivity contribution is -0.123. The Morgan fingerprint density at radius 3 is 2.50 bits per heavy atom. The largest absolute Gasteiger partial charge is 0.323 e. The van der Waals surface area contributed by atoms with E-state index >= 15 is 0 Å². The lowest BCUT2D eigenvalue weighted by Crippen LogP contribution is -2.58. The first-order valence-corrected chi connectivity index (χ1v) is 9.63. The first kappa shape index (κ1) is 18.6. The summed E-state index contributed by atoms with van der Waals surface area (Å²) in [6.45, 7) is 1.82. The molecule has 138 valence electrons. The molecule has 0 spiro atoms. The number of urea groups is 1. The molecule has 3 rings (SSSR count). The summed E-state index contributed by atoms with van der Waals surface area (Å²) in [6, 6.07) is 6.51. The van der Waals surface area contributed by atoms with Crippen molar-refractivity contribution >= 4 is 45.7 Å². The summed E-state index contributed by atoms with van der Waals surface area (Å²) < 4.78 is 0. The standard InChI is InChI=1S/C17H20ClN5O2S/c1-11-22-23-16(26-11)20-14(24)17(9-5-2-6-10-17)21-15(25)19-13-8-4-3-7-12(13)18/h3-4,7-8H,2,5-6,9-10H2,1H3,(H2,19,21,25)(H,20,23,24). The van der Waals surface area contributed by atoms with Crippen molar-refractivity contribution in [2.24, 2.45) is 0 Å². The molecule has 0 aliphatic heterocycles. The summed E-state index contributed by atoms with van der Waals surface area (Å²) in [5.41, 5.74) is -0.471. The first-order chi connectivity index (χ1) is 12.5. The maximum atomic E-state index is 12.9. The van der Waals surface area contributed by atoms with E-state index in [9.17, 15) is 9.59 Å². The molecule has 2 aromatic rings. The SMILES string of the molecule is Cc1nnc(NC(=O)C2(NC(=O)Nc3ccccc3Cl)CCCCC2)s1. The zero-order chi connectivity index (χ0) is 18.6. The minimum absolute atomic E-state index is 0.261. The second-order valence-corrected chi connectivity index (χ2v) is 7.87. The molecule has 1 fully saturated rings. The van der Waals surface area contributed by atoms with E-state index in [2.05, 4.69) is 26.1 Å². The average Bonchev–Trinajstić information content (AvgIpc) is 3.02. The Balaban J connectivity index is 1.73. The molecule has 3 amide bonds. The Labute approximate surface area is 160 Å². The predicted octanol–water partition coefficient (Wildman–Crippen LogP) is 3.96. The molecule has 1 saturated carbocycles. The van der Waals surface area contributed by atoms with E-state index < -0.39 is 11.6 Å². The normalized spacial score (nSPS) is 15.9. The van der Waals surface area contributed by atoms with Crippen molar-refractivity contribution in [2.45, 2.75) is 44.6 Å². The molecule has 9 heteroatoms. The third-order valence-electron chi connectivity index (χ3n) is 4.36. The van der Waals surface area contributed by atoms with E-state index in [-0.39, 0.29) is 5.91 Å². The van der Waals surface area contributed by atoms with Crippen LogP contribution >= 0.6 is 22.9 Å². The molecule has 1 aromatic heterocycles. The zero-order valence-electron chi connectivity index (χ0n) is 14.3. The second-order valence-electron chi connectivity index (χ2n) is 6.28. The highest BCUT2D eigenvalue weighted by atomic mass is 35.5. The smallest absolute Gasteiger partial charge is 0.320 e. The van der Waals surface area contributed by atoms with Gasteiger partial charge in [-0.05, 0) is 31.9 Å². The summed E-state index contributed by atoms with van der Waals surface area (Å²) in [5.74, 6) is -0.261. The van der Waals surface area contributed by atoms with E-state index in [4.69, 9.17) is 11.6 Å². The molecule has 26 heavy (non-hydrogen) atoms. The highest BCUT2D eigenvalue weighted by molar-refractivity contribution is 7.15. The number of anilines is 2. The van der Waals surface area contributed by atoms with Crippen LogP contribution in [0.5, 0.6) is 0 Å². The number of carbonyl (C=O) groups is 2. The summed E-state index contributed by atoms with van der Waals surface area (Å²) in [6.07, 6.45) is 3.93. The summed E-state index contributed by atoms with van der Waals surface area (Å²) in [5, 5.41) is 17.9. The van der Waals surface area contributed by atoms with Crippen LogP contribution in [0.25, 0.3) is 0 Å². The van der Waals surface area contributed by atoms with Gasteiger partial charge < -0.3 is 10.6 Å². The number of hydrogen-bond acceptors (Lipinski definition) is 5.